The summed E-state index contributed by atoms with van der Waals surface area (Å²) in [5, 5.41) is 29.3. The number of carboxylic acid groups (broad SMARTS) is 1. The van der Waals surface area contributed by atoms with Crippen LogP contribution in [-0.2, 0) is 19.2 Å². The molecule has 9 nitrogen and oxygen atoms in total. The Bertz CT molecular complexity index is 1610. The number of carboxylic acids is 1. The molecule has 0 spiro atoms. The number of nitrogens with zero attached hydrogens (tertiary/aromatic N) is 1. The van der Waals surface area contributed by atoms with Crippen molar-refractivity contribution < 1.29 is 39.3 Å². The highest BCUT2D eigenvalue weighted by Crippen LogP contribution is 2.55. The van der Waals surface area contributed by atoms with Crippen molar-refractivity contribution >= 4 is 35.0 Å². The second-order valence-corrected chi connectivity index (χ2v) is 10.3. The predicted octanol–water partition coefficient (Wildman–Crippen LogP) is 3.43. The van der Waals surface area contributed by atoms with Crippen molar-refractivity contribution in [2.45, 2.75) is 25.7 Å². The van der Waals surface area contributed by atoms with E-state index in [9.17, 15) is 39.3 Å². The van der Waals surface area contributed by atoms with E-state index in [4.69, 9.17) is 0 Å². The van der Waals surface area contributed by atoms with Crippen molar-refractivity contribution in [3.63, 3.8) is 0 Å². The van der Waals surface area contributed by atoms with Crippen LogP contribution in [0.1, 0.15) is 41.6 Å². The van der Waals surface area contributed by atoms with Gasteiger partial charge in [-0.2, -0.15) is 0 Å². The summed E-state index contributed by atoms with van der Waals surface area (Å²) in [4.78, 5) is 66.2. The van der Waals surface area contributed by atoms with Gasteiger partial charge in [-0.3, -0.25) is 19.2 Å². The lowest BCUT2D eigenvalue weighted by atomic mass is 9.59. The first-order valence-corrected chi connectivity index (χ1v) is 12.5. The van der Waals surface area contributed by atoms with E-state index in [0.717, 1.165) is 22.6 Å². The summed E-state index contributed by atoms with van der Waals surface area (Å²) in [6.45, 7) is 1.59. The minimum absolute atomic E-state index is 0.0458. The Morgan fingerprint density at radius 3 is 2.33 bits per heavy atom. The summed E-state index contributed by atoms with van der Waals surface area (Å²) in [6.07, 6.45) is 3.56. The number of aromatic carboxylic acids is 1. The highest BCUT2D eigenvalue weighted by Gasteiger charge is 2.56. The molecule has 6 rings (SSSR count). The van der Waals surface area contributed by atoms with Crippen LogP contribution in [0.15, 0.2) is 76.9 Å². The van der Waals surface area contributed by atoms with Gasteiger partial charge in [-0.1, -0.05) is 23.8 Å². The molecule has 3 aliphatic carbocycles. The van der Waals surface area contributed by atoms with E-state index in [1.807, 2.05) is 6.08 Å². The van der Waals surface area contributed by atoms with Crippen molar-refractivity contribution in [2.75, 3.05) is 4.90 Å². The van der Waals surface area contributed by atoms with Crippen LogP contribution in [0.5, 0.6) is 11.5 Å². The number of Topliss-reactive ketones (excluding diaryl/α,β-unsaturated/α-hetero) is 1. The molecule has 1 aliphatic heterocycles. The van der Waals surface area contributed by atoms with Crippen molar-refractivity contribution in [3.05, 3.63) is 88.0 Å². The number of allylic oxidation sites excluding steroid dienone is 6. The zero-order chi connectivity index (χ0) is 27.7. The van der Waals surface area contributed by atoms with Gasteiger partial charge in [0, 0.05) is 28.7 Å². The van der Waals surface area contributed by atoms with Crippen LogP contribution < -0.4 is 4.90 Å². The van der Waals surface area contributed by atoms with Gasteiger partial charge in [0.25, 0.3) is 0 Å². The van der Waals surface area contributed by atoms with Gasteiger partial charge in [0.05, 0.1) is 17.5 Å². The summed E-state index contributed by atoms with van der Waals surface area (Å²) in [5.41, 5.74) is 2.21. The number of carbonyl (C=O) groups excluding carboxylic acids is 4. The van der Waals surface area contributed by atoms with Crippen LogP contribution in [0.3, 0.4) is 0 Å². The molecule has 4 atom stereocenters. The third-order valence-corrected chi connectivity index (χ3v) is 8.26. The number of aromatic hydroxyl groups is 2. The summed E-state index contributed by atoms with van der Waals surface area (Å²) in [7, 11) is 0. The van der Waals surface area contributed by atoms with Crippen LogP contribution in [0.4, 0.5) is 5.69 Å². The maximum absolute atomic E-state index is 13.8. The Balaban J connectivity index is 1.45. The lowest BCUT2D eigenvalue weighted by molar-refractivity contribution is -0.123. The number of imide groups is 1. The Kier molecular flexibility index (Phi) is 5.43. The minimum Gasteiger partial charge on any atom is -0.508 e. The molecule has 2 aromatic rings. The van der Waals surface area contributed by atoms with Crippen LogP contribution in [0, 0.1) is 17.8 Å². The van der Waals surface area contributed by atoms with Gasteiger partial charge in [0.15, 0.2) is 11.6 Å². The first kappa shape index (κ1) is 24.5. The van der Waals surface area contributed by atoms with Gasteiger partial charge in [-0.05, 0) is 61.6 Å². The molecule has 3 N–H and O–H groups in total. The molecule has 0 bridgehead atoms. The number of amides is 2. The SMILES string of the molecule is CC1=CC(=O)C2=C(C1=O)C(c1ccc(O)cc1)C1=CCC3C(=O)N(c4ccc(C(=O)O)c(O)c4)C(=O)C3C1C2. The van der Waals surface area contributed by atoms with E-state index in [2.05, 4.69) is 0 Å². The molecule has 196 valence electrons. The number of hydrogen-bond acceptors (Lipinski definition) is 7. The number of benzene rings is 2. The summed E-state index contributed by atoms with van der Waals surface area (Å²) in [5.74, 6) is -6.03. The van der Waals surface area contributed by atoms with Crippen LogP contribution in [0.2, 0.25) is 0 Å². The summed E-state index contributed by atoms with van der Waals surface area (Å²) in [6, 6.07) is 9.91. The molecule has 4 aliphatic rings. The molecule has 0 radical (unpaired) electrons. The molecule has 9 heteroatoms. The van der Waals surface area contributed by atoms with Crippen molar-refractivity contribution in [3.8, 4) is 11.5 Å². The average molecular weight is 526 g/mol. The Hall–Kier alpha value is -4.79. The molecule has 2 aromatic carbocycles. The minimum atomic E-state index is -1.34. The normalized spacial score (nSPS) is 26.1. The van der Waals surface area contributed by atoms with Gasteiger partial charge < -0.3 is 15.3 Å². The van der Waals surface area contributed by atoms with E-state index in [-0.39, 0.29) is 41.4 Å². The average Bonchev–Trinajstić information content (AvgIpc) is 3.16. The maximum atomic E-state index is 13.8. The van der Waals surface area contributed by atoms with Crippen LogP contribution >= 0.6 is 0 Å². The summed E-state index contributed by atoms with van der Waals surface area (Å²) < 4.78 is 0. The van der Waals surface area contributed by atoms with E-state index >= 15 is 0 Å². The number of carbonyl (C=O) groups is 5. The monoisotopic (exact) mass is 525 g/mol. The lowest BCUT2D eigenvalue weighted by Crippen LogP contribution is -2.39. The number of hydrogen-bond donors (Lipinski definition) is 3. The standard InChI is InChI=1S/C30H23NO8/c1-13-10-22(33)21-12-20-17(24(26(21)27(13)35)14-2-5-16(32)6-3-14)8-9-19-25(20)29(37)31(28(19)36)15-4-7-18(30(38)39)23(34)11-15/h2-8,10-11,19-20,24-25,32,34H,9,12H2,1H3,(H,38,39). The van der Waals surface area contributed by atoms with Gasteiger partial charge >= 0.3 is 5.97 Å². The molecule has 1 heterocycles. The number of ketones is 2. The van der Waals surface area contributed by atoms with E-state index < -0.39 is 47.2 Å². The topological polar surface area (TPSA) is 149 Å². The van der Waals surface area contributed by atoms with Gasteiger partial charge in [0.2, 0.25) is 11.8 Å². The number of phenolic OH excluding ortho intramolecular Hbond substituents is 1. The summed E-state index contributed by atoms with van der Waals surface area (Å²) >= 11 is 0. The highest BCUT2D eigenvalue weighted by atomic mass is 16.4. The predicted molar refractivity (Wildman–Crippen MR) is 137 cm³/mol. The first-order chi connectivity index (χ1) is 18.6. The maximum Gasteiger partial charge on any atom is 0.339 e. The third kappa shape index (κ3) is 3.57. The fourth-order valence-corrected chi connectivity index (χ4v) is 6.50. The highest BCUT2D eigenvalue weighted by molar-refractivity contribution is 6.25. The fraction of sp³-hybridized carbons (Fsp3) is 0.233. The number of phenols is 2. The lowest BCUT2D eigenvalue weighted by Gasteiger charge is -2.42. The number of anilines is 1. The Labute approximate surface area is 222 Å². The Morgan fingerprint density at radius 2 is 1.67 bits per heavy atom. The molecule has 39 heavy (non-hydrogen) atoms. The van der Waals surface area contributed by atoms with E-state index in [0.29, 0.717) is 22.3 Å². The van der Waals surface area contributed by atoms with Crippen molar-refractivity contribution in [1.29, 1.82) is 0 Å². The molecule has 0 saturated carbocycles. The van der Waals surface area contributed by atoms with Gasteiger partial charge in [-0.15, -0.1) is 0 Å². The quantitative estimate of drug-likeness (QED) is 0.314. The molecule has 1 fully saturated rings. The van der Waals surface area contributed by atoms with E-state index in [1.54, 1.807) is 19.1 Å². The Morgan fingerprint density at radius 1 is 0.949 bits per heavy atom. The molecule has 4 unspecified atom stereocenters. The number of rotatable bonds is 3. The second kappa shape index (κ2) is 8.62. The second-order valence-electron chi connectivity index (χ2n) is 10.3. The zero-order valence-corrected chi connectivity index (χ0v) is 20.7. The smallest absolute Gasteiger partial charge is 0.339 e. The van der Waals surface area contributed by atoms with Crippen molar-refractivity contribution in [2.24, 2.45) is 17.8 Å². The van der Waals surface area contributed by atoms with Gasteiger partial charge in [-0.25, -0.2) is 9.69 Å². The molecule has 0 aromatic heterocycles. The van der Waals surface area contributed by atoms with E-state index in [1.165, 1.54) is 24.3 Å². The van der Waals surface area contributed by atoms with Gasteiger partial charge in [0.1, 0.15) is 17.1 Å². The van der Waals surface area contributed by atoms with Crippen LogP contribution in [-0.4, -0.2) is 44.7 Å². The number of fused-ring (bicyclic) bond motifs is 3. The van der Waals surface area contributed by atoms with Crippen LogP contribution in [0.25, 0.3) is 0 Å². The molecule has 1 saturated heterocycles. The zero-order valence-electron chi connectivity index (χ0n) is 20.7. The van der Waals surface area contributed by atoms with Crippen molar-refractivity contribution in [1.82, 2.24) is 0 Å². The largest absolute Gasteiger partial charge is 0.508 e. The fourth-order valence-electron chi connectivity index (χ4n) is 6.50. The molecule has 2 amide bonds. The molecular formula is C30H23NO8. The third-order valence-electron chi connectivity index (χ3n) is 8.26. The first-order valence-electron chi connectivity index (χ1n) is 12.5. The molecular weight excluding hydrogens is 502 g/mol.